The summed E-state index contributed by atoms with van der Waals surface area (Å²) in [6.45, 7) is -0.744. The monoisotopic (exact) mass is 611 g/mol. The molecule has 0 atom stereocenters. The summed E-state index contributed by atoms with van der Waals surface area (Å²) in [5.74, 6) is 0.709. The van der Waals surface area contributed by atoms with Gasteiger partial charge in [0.2, 0.25) is 5.91 Å². The molecule has 0 radical (unpaired) electrons. The first kappa shape index (κ1) is 24.7. The van der Waals surface area contributed by atoms with E-state index in [2.05, 4.69) is 30.8 Å². The number of amides is 1. The van der Waals surface area contributed by atoms with Gasteiger partial charge in [-0.2, -0.15) is 14.9 Å². The third-order valence-electron chi connectivity index (χ3n) is 8.61. The van der Waals surface area contributed by atoms with Gasteiger partial charge in [0, 0.05) is 53.5 Å². The lowest BCUT2D eigenvalue weighted by Crippen LogP contribution is -2.49. The Kier molecular flexibility index (Phi) is 5.57. The van der Waals surface area contributed by atoms with Gasteiger partial charge in [0.15, 0.2) is 0 Å². The summed E-state index contributed by atoms with van der Waals surface area (Å²) in [7, 11) is 1.59. The second kappa shape index (κ2) is 9.92. The molecule has 0 spiro atoms. The van der Waals surface area contributed by atoms with Gasteiger partial charge in [-0.3, -0.25) is 18.6 Å². The summed E-state index contributed by atoms with van der Waals surface area (Å²) in [6.07, 6.45) is 2.75. The molecule has 230 valence electrons. The molecule has 2 aliphatic carbocycles. The minimum absolute atomic E-state index is 0.0606. The van der Waals surface area contributed by atoms with Crippen LogP contribution in [0.5, 0.6) is 0 Å². The first-order chi connectivity index (χ1) is 22.1. The van der Waals surface area contributed by atoms with E-state index in [0.717, 1.165) is 29.8 Å². The number of imidazole rings is 1. The number of carbonyl (C=O) groups is 1. The van der Waals surface area contributed by atoms with Crippen molar-refractivity contribution in [3.63, 3.8) is 0 Å². The molecular formula is C29H31F3N10O2. The standard InChI is InChI=1S/C29H31F3N10O2/c1-28(37-26(43)16-4-5-16)10-8-18(9-11-28)42-20-12-23(33-14-21(20)39(2)27(42)44)35-22-7-6-19-24(36-22)25(40(3)38-19)17-13-34-41(15-17)29(30,31)32/h6-7,12-16,18H,4-5,8-11H2,1-3H3,(H,37,43)(H,33,35,36)/i2D3. The average molecular weight is 612 g/mol. The van der Waals surface area contributed by atoms with Crippen LogP contribution in [0.1, 0.15) is 55.6 Å². The summed E-state index contributed by atoms with van der Waals surface area (Å²) < 4.78 is 67.4. The molecule has 1 amide bonds. The molecule has 2 N–H and O–H groups in total. The highest BCUT2D eigenvalue weighted by atomic mass is 19.4. The average Bonchev–Trinajstić information content (AvgIpc) is 3.52. The molecule has 5 aromatic rings. The zero-order chi connectivity index (χ0) is 33.5. The normalized spacial score (nSPS) is 22.1. The molecule has 5 aromatic heterocycles. The van der Waals surface area contributed by atoms with Gasteiger partial charge in [-0.1, -0.05) is 0 Å². The highest BCUT2D eigenvalue weighted by Crippen LogP contribution is 2.38. The molecule has 0 aromatic carbocycles. The Hall–Kier alpha value is -4.69. The highest BCUT2D eigenvalue weighted by Gasteiger charge is 2.38. The van der Waals surface area contributed by atoms with Crippen LogP contribution in [0.4, 0.5) is 24.8 Å². The molecule has 44 heavy (non-hydrogen) atoms. The summed E-state index contributed by atoms with van der Waals surface area (Å²) in [5.41, 5.74) is 0.705. The van der Waals surface area contributed by atoms with Crippen LogP contribution in [0.3, 0.4) is 0 Å². The van der Waals surface area contributed by atoms with Crippen molar-refractivity contribution < 1.29 is 22.1 Å². The molecule has 12 nitrogen and oxygen atoms in total. The summed E-state index contributed by atoms with van der Waals surface area (Å²) >= 11 is 0. The zero-order valence-corrected chi connectivity index (χ0v) is 23.9. The van der Waals surface area contributed by atoms with Gasteiger partial charge >= 0.3 is 12.0 Å². The van der Waals surface area contributed by atoms with Crippen molar-refractivity contribution >= 4 is 39.6 Å². The van der Waals surface area contributed by atoms with E-state index in [4.69, 9.17) is 4.11 Å². The number of halogens is 3. The van der Waals surface area contributed by atoms with Crippen LogP contribution in [0.25, 0.3) is 33.3 Å². The predicted octanol–water partition coefficient (Wildman–Crippen LogP) is 4.50. The molecule has 2 saturated carbocycles. The Morgan fingerprint density at radius 1 is 1.11 bits per heavy atom. The Labute approximate surface area is 253 Å². The quantitative estimate of drug-likeness (QED) is 0.289. The number of carbonyl (C=O) groups excluding carboxylic acids is 1. The molecule has 15 heteroatoms. The zero-order valence-electron chi connectivity index (χ0n) is 26.9. The lowest BCUT2D eigenvalue weighted by Gasteiger charge is -2.38. The Bertz CT molecular complexity index is 2080. The number of aryl methyl sites for hydroxylation is 2. The number of pyridine rings is 2. The first-order valence-electron chi connectivity index (χ1n) is 15.8. The van der Waals surface area contributed by atoms with E-state index < -0.39 is 24.5 Å². The molecule has 0 unspecified atom stereocenters. The second-order valence-electron chi connectivity index (χ2n) is 11.9. The van der Waals surface area contributed by atoms with Crippen molar-refractivity contribution in [3.05, 3.63) is 47.3 Å². The Morgan fingerprint density at radius 2 is 1.89 bits per heavy atom. The van der Waals surface area contributed by atoms with Crippen LogP contribution < -0.4 is 16.3 Å². The fourth-order valence-corrected chi connectivity index (χ4v) is 6.09. The van der Waals surface area contributed by atoms with E-state index in [0.29, 0.717) is 53.7 Å². The minimum atomic E-state index is -4.68. The first-order valence-corrected chi connectivity index (χ1v) is 14.3. The van der Waals surface area contributed by atoms with Gasteiger partial charge in [0.25, 0.3) is 0 Å². The van der Waals surface area contributed by atoms with Gasteiger partial charge in [-0.25, -0.2) is 14.8 Å². The van der Waals surface area contributed by atoms with Crippen molar-refractivity contribution in [3.8, 4) is 11.3 Å². The summed E-state index contributed by atoms with van der Waals surface area (Å²) in [4.78, 5) is 35.1. The topological polar surface area (TPSA) is 129 Å². The number of aromatic nitrogens is 8. The number of alkyl halides is 3. The van der Waals surface area contributed by atoms with E-state index in [-0.39, 0.29) is 39.4 Å². The van der Waals surface area contributed by atoms with Gasteiger partial charge in [-0.15, -0.1) is 13.2 Å². The number of nitrogens with one attached hydrogen (secondary N) is 2. The van der Waals surface area contributed by atoms with E-state index in [1.807, 2.05) is 6.92 Å². The maximum atomic E-state index is 13.7. The van der Waals surface area contributed by atoms with Crippen LogP contribution >= 0.6 is 0 Å². The number of hydrogen-bond acceptors (Lipinski definition) is 7. The largest absolute Gasteiger partial charge is 0.504 e. The van der Waals surface area contributed by atoms with Crippen molar-refractivity contribution in [1.82, 2.24) is 44.0 Å². The summed E-state index contributed by atoms with van der Waals surface area (Å²) in [5, 5.41) is 14.0. The van der Waals surface area contributed by atoms with Gasteiger partial charge < -0.3 is 10.6 Å². The van der Waals surface area contributed by atoms with E-state index in [1.165, 1.54) is 15.4 Å². The molecule has 5 heterocycles. The molecule has 0 aliphatic heterocycles. The second-order valence-corrected chi connectivity index (χ2v) is 11.9. The van der Waals surface area contributed by atoms with Crippen LogP contribution in [0, 0.1) is 5.92 Å². The number of fused-ring (bicyclic) bond motifs is 2. The fraction of sp³-hybridized carbons (Fsp3) is 0.448. The van der Waals surface area contributed by atoms with Crippen LogP contribution in [-0.2, 0) is 25.1 Å². The smallest absolute Gasteiger partial charge is 0.351 e. The van der Waals surface area contributed by atoms with E-state index >= 15 is 0 Å². The lowest BCUT2D eigenvalue weighted by atomic mass is 9.80. The fourth-order valence-electron chi connectivity index (χ4n) is 6.09. The maximum Gasteiger partial charge on any atom is 0.504 e. The predicted molar refractivity (Wildman–Crippen MR) is 156 cm³/mol. The van der Waals surface area contributed by atoms with Gasteiger partial charge in [0.1, 0.15) is 22.7 Å². The number of hydrogen-bond donors (Lipinski definition) is 2. The third kappa shape index (κ3) is 4.89. The van der Waals surface area contributed by atoms with Crippen molar-refractivity contribution in [2.45, 2.75) is 63.3 Å². The van der Waals surface area contributed by atoms with Crippen molar-refractivity contribution in [1.29, 1.82) is 0 Å². The molecule has 7 rings (SSSR count). The SMILES string of the molecule is [2H]C([2H])([2H])n1c(=O)n(C2CCC(C)(NC(=O)C3CC3)CC2)c2cc(Nc3ccc4nn(C)c(-c5cnn(C(F)(F)F)c5)c4n3)ncc21. The number of anilines is 2. The summed E-state index contributed by atoms with van der Waals surface area (Å²) in [6, 6.07) is 4.57. The van der Waals surface area contributed by atoms with E-state index in [1.54, 1.807) is 25.2 Å². The van der Waals surface area contributed by atoms with Gasteiger partial charge in [0.05, 0.1) is 29.1 Å². The number of nitrogens with zero attached hydrogens (tertiary/aromatic N) is 8. The number of rotatable bonds is 6. The third-order valence-corrected chi connectivity index (χ3v) is 8.61. The maximum absolute atomic E-state index is 13.7. The Morgan fingerprint density at radius 3 is 2.57 bits per heavy atom. The molecular weight excluding hydrogens is 577 g/mol. The van der Waals surface area contributed by atoms with Gasteiger partial charge in [-0.05, 0) is 57.6 Å². The van der Waals surface area contributed by atoms with Crippen LogP contribution in [-0.4, -0.2) is 50.1 Å². The van der Waals surface area contributed by atoms with Crippen LogP contribution in [0.15, 0.2) is 41.6 Å². The van der Waals surface area contributed by atoms with Crippen molar-refractivity contribution in [2.24, 2.45) is 19.9 Å². The Balaban J connectivity index is 1.22. The van der Waals surface area contributed by atoms with E-state index in [9.17, 15) is 22.8 Å². The molecule has 2 aliphatic rings. The highest BCUT2D eigenvalue weighted by molar-refractivity contribution is 5.91. The van der Waals surface area contributed by atoms with Crippen LogP contribution in [0.2, 0.25) is 0 Å². The minimum Gasteiger partial charge on any atom is -0.351 e. The lowest BCUT2D eigenvalue weighted by molar-refractivity contribution is -0.212. The van der Waals surface area contributed by atoms with Crippen molar-refractivity contribution in [2.75, 3.05) is 5.32 Å². The molecule has 2 fully saturated rings. The molecule has 0 bridgehead atoms. The molecule has 0 saturated heterocycles.